The Balaban J connectivity index is 2.89. The van der Waals surface area contributed by atoms with Gasteiger partial charge in [0, 0.05) is 32.5 Å². The second kappa shape index (κ2) is 6.10. The number of amides is 1. The number of aromatic nitrogens is 1. The van der Waals surface area contributed by atoms with Crippen LogP contribution < -0.4 is 5.32 Å². The summed E-state index contributed by atoms with van der Waals surface area (Å²) in [6.07, 6.45) is 4.26. The van der Waals surface area contributed by atoms with Crippen LogP contribution in [0.4, 0.5) is 5.69 Å². The average molecular weight is 221 g/mol. The van der Waals surface area contributed by atoms with Gasteiger partial charge in [-0.15, -0.1) is 0 Å². The minimum absolute atomic E-state index is 0.0194. The maximum absolute atomic E-state index is 12.1. The lowest BCUT2D eigenvalue weighted by Crippen LogP contribution is -2.28. The molecule has 0 aliphatic carbocycles. The van der Waals surface area contributed by atoms with Crippen LogP contribution in [-0.4, -0.2) is 35.9 Å². The van der Waals surface area contributed by atoms with E-state index in [1.54, 1.807) is 17.3 Å². The Kier molecular flexibility index (Phi) is 4.76. The zero-order chi connectivity index (χ0) is 12.0. The van der Waals surface area contributed by atoms with Crippen molar-refractivity contribution in [2.45, 2.75) is 20.3 Å². The smallest absolute Gasteiger partial charge is 0.257 e. The fourth-order valence-electron chi connectivity index (χ4n) is 1.55. The predicted octanol–water partition coefficient (Wildman–Crippen LogP) is 2.00. The van der Waals surface area contributed by atoms with E-state index in [2.05, 4.69) is 17.2 Å². The third kappa shape index (κ3) is 2.95. The van der Waals surface area contributed by atoms with Gasteiger partial charge in [-0.1, -0.05) is 6.92 Å². The summed E-state index contributed by atoms with van der Waals surface area (Å²) >= 11 is 0. The first-order valence-electron chi connectivity index (χ1n) is 5.64. The molecule has 4 heteroatoms. The van der Waals surface area contributed by atoms with Gasteiger partial charge >= 0.3 is 0 Å². The van der Waals surface area contributed by atoms with Crippen molar-refractivity contribution in [1.82, 2.24) is 9.88 Å². The van der Waals surface area contributed by atoms with Gasteiger partial charge in [0.05, 0.1) is 11.3 Å². The third-order valence-electron chi connectivity index (χ3n) is 2.32. The molecule has 16 heavy (non-hydrogen) atoms. The molecule has 0 saturated carbocycles. The molecule has 0 radical (unpaired) electrons. The van der Waals surface area contributed by atoms with Crippen molar-refractivity contribution in [3.63, 3.8) is 0 Å². The van der Waals surface area contributed by atoms with Gasteiger partial charge in [-0.2, -0.15) is 0 Å². The summed E-state index contributed by atoms with van der Waals surface area (Å²) in [5.74, 6) is 0.0194. The quantitative estimate of drug-likeness (QED) is 0.827. The molecule has 1 N–H and O–H groups in total. The van der Waals surface area contributed by atoms with Crippen molar-refractivity contribution in [2.75, 3.05) is 25.5 Å². The summed E-state index contributed by atoms with van der Waals surface area (Å²) in [6.45, 7) is 5.61. The number of anilines is 1. The van der Waals surface area contributed by atoms with Crippen LogP contribution in [0.15, 0.2) is 18.5 Å². The van der Waals surface area contributed by atoms with E-state index in [-0.39, 0.29) is 5.91 Å². The molecule has 4 nitrogen and oxygen atoms in total. The summed E-state index contributed by atoms with van der Waals surface area (Å²) in [5, 5.41) is 3.17. The lowest BCUT2D eigenvalue weighted by Gasteiger charge is -2.18. The number of nitrogens with zero attached hydrogens (tertiary/aromatic N) is 2. The summed E-state index contributed by atoms with van der Waals surface area (Å²) in [7, 11) is 1.81. The molecule has 0 unspecified atom stereocenters. The Morgan fingerprint density at radius 2 is 2.25 bits per heavy atom. The molecule has 0 aliphatic rings. The highest BCUT2D eigenvalue weighted by atomic mass is 16.2. The van der Waals surface area contributed by atoms with Crippen LogP contribution in [0.25, 0.3) is 0 Å². The highest BCUT2D eigenvalue weighted by Crippen LogP contribution is 2.15. The van der Waals surface area contributed by atoms with E-state index in [4.69, 9.17) is 0 Å². The van der Waals surface area contributed by atoms with Crippen molar-refractivity contribution in [1.29, 1.82) is 0 Å². The van der Waals surface area contributed by atoms with Crippen LogP contribution >= 0.6 is 0 Å². The van der Waals surface area contributed by atoms with Crippen LogP contribution in [0, 0.1) is 0 Å². The zero-order valence-electron chi connectivity index (χ0n) is 10.2. The van der Waals surface area contributed by atoms with Gasteiger partial charge in [-0.3, -0.25) is 9.78 Å². The first-order valence-corrected chi connectivity index (χ1v) is 5.64. The molecule has 0 spiro atoms. The predicted molar refractivity (Wildman–Crippen MR) is 65.7 cm³/mol. The highest BCUT2D eigenvalue weighted by molar-refractivity contribution is 5.99. The van der Waals surface area contributed by atoms with Gasteiger partial charge < -0.3 is 10.2 Å². The van der Waals surface area contributed by atoms with Gasteiger partial charge in [-0.25, -0.2) is 0 Å². The van der Waals surface area contributed by atoms with Gasteiger partial charge in [-0.05, 0) is 19.4 Å². The summed E-state index contributed by atoms with van der Waals surface area (Å²) in [4.78, 5) is 17.8. The standard InChI is InChI=1S/C12H19N3O/c1-4-8-15(3)12(16)10-9-13-7-6-11(10)14-5-2/h6-7,9H,4-5,8H2,1-3H3,(H,13,14). The maximum Gasteiger partial charge on any atom is 0.257 e. The monoisotopic (exact) mass is 221 g/mol. The lowest BCUT2D eigenvalue weighted by molar-refractivity contribution is 0.0795. The van der Waals surface area contributed by atoms with Crippen LogP contribution in [0.3, 0.4) is 0 Å². The van der Waals surface area contributed by atoms with Crippen molar-refractivity contribution in [2.24, 2.45) is 0 Å². The maximum atomic E-state index is 12.1. The summed E-state index contributed by atoms with van der Waals surface area (Å²) in [5.41, 5.74) is 1.49. The zero-order valence-corrected chi connectivity index (χ0v) is 10.2. The number of hydrogen-bond acceptors (Lipinski definition) is 3. The molecule has 1 aromatic heterocycles. The van der Waals surface area contributed by atoms with Crippen molar-refractivity contribution in [3.05, 3.63) is 24.0 Å². The molecule has 0 saturated heterocycles. The minimum Gasteiger partial charge on any atom is -0.385 e. The van der Waals surface area contributed by atoms with E-state index in [0.29, 0.717) is 5.56 Å². The largest absolute Gasteiger partial charge is 0.385 e. The minimum atomic E-state index is 0.0194. The van der Waals surface area contributed by atoms with Gasteiger partial charge in [0.2, 0.25) is 0 Å². The Morgan fingerprint density at radius 3 is 2.88 bits per heavy atom. The molecular weight excluding hydrogens is 202 g/mol. The molecule has 1 amide bonds. The van der Waals surface area contributed by atoms with E-state index >= 15 is 0 Å². The van der Waals surface area contributed by atoms with E-state index in [0.717, 1.165) is 25.2 Å². The Morgan fingerprint density at radius 1 is 1.50 bits per heavy atom. The number of carbonyl (C=O) groups excluding carboxylic acids is 1. The Labute approximate surface area is 96.7 Å². The number of hydrogen-bond donors (Lipinski definition) is 1. The van der Waals surface area contributed by atoms with E-state index in [1.165, 1.54) is 0 Å². The number of carbonyl (C=O) groups is 1. The van der Waals surface area contributed by atoms with Crippen molar-refractivity contribution < 1.29 is 4.79 Å². The molecule has 0 atom stereocenters. The van der Waals surface area contributed by atoms with Crippen LogP contribution in [0.2, 0.25) is 0 Å². The van der Waals surface area contributed by atoms with Gasteiger partial charge in [0.1, 0.15) is 0 Å². The summed E-state index contributed by atoms with van der Waals surface area (Å²) in [6, 6.07) is 1.83. The molecule has 0 aliphatic heterocycles. The van der Waals surface area contributed by atoms with Gasteiger partial charge in [0.25, 0.3) is 5.91 Å². The fourth-order valence-corrected chi connectivity index (χ4v) is 1.55. The molecule has 0 aromatic carbocycles. The number of pyridine rings is 1. The number of rotatable bonds is 5. The molecule has 0 fully saturated rings. The normalized spacial score (nSPS) is 9.94. The van der Waals surface area contributed by atoms with Crippen molar-refractivity contribution in [3.8, 4) is 0 Å². The van der Waals surface area contributed by atoms with Crippen LogP contribution in [0.1, 0.15) is 30.6 Å². The average Bonchev–Trinajstić information content (AvgIpc) is 2.29. The second-order valence-electron chi connectivity index (χ2n) is 3.68. The second-order valence-corrected chi connectivity index (χ2v) is 3.68. The molecular formula is C12H19N3O. The Hall–Kier alpha value is -1.58. The number of nitrogens with one attached hydrogen (secondary N) is 1. The molecule has 1 rings (SSSR count). The lowest BCUT2D eigenvalue weighted by atomic mass is 10.2. The summed E-state index contributed by atoms with van der Waals surface area (Å²) < 4.78 is 0. The Bertz CT molecular complexity index is 352. The SMILES string of the molecule is CCCN(C)C(=O)c1cnccc1NCC. The molecule has 1 heterocycles. The van der Waals surface area contributed by atoms with E-state index in [9.17, 15) is 4.79 Å². The van der Waals surface area contributed by atoms with Gasteiger partial charge in [0.15, 0.2) is 0 Å². The first kappa shape index (κ1) is 12.5. The highest BCUT2D eigenvalue weighted by Gasteiger charge is 2.14. The van der Waals surface area contributed by atoms with E-state index < -0.39 is 0 Å². The fraction of sp³-hybridized carbons (Fsp3) is 0.500. The molecule has 1 aromatic rings. The molecule has 0 bridgehead atoms. The van der Waals surface area contributed by atoms with Crippen molar-refractivity contribution >= 4 is 11.6 Å². The molecule has 88 valence electrons. The first-order chi connectivity index (χ1) is 7.70. The van der Waals surface area contributed by atoms with E-state index in [1.807, 2.05) is 20.0 Å². The topological polar surface area (TPSA) is 45.2 Å². The third-order valence-corrected chi connectivity index (χ3v) is 2.32. The van der Waals surface area contributed by atoms with Crippen LogP contribution in [0.5, 0.6) is 0 Å². The van der Waals surface area contributed by atoms with Crippen LogP contribution in [-0.2, 0) is 0 Å².